The number of amides is 1. The number of hydrogen-bond acceptors (Lipinski definition) is 4. The Bertz CT molecular complexity index is 1290. The van der Waals surface area contributed by atoms with E-state index in [0.29, 0.717) is 32.5 Å². The van der Waals surface area contributed by atoms with Gasteiger partial charge in [-0.1, -0.05) is 0 Å². The van der Waals surface area contributed by atoms with Gasteiger partial charge in [0.05, 0.1) is 22.7 Å². The van der Waals surface area contributed by atoms with Gasteiger partial charge in [-0.05, 0) is 48.9 Å². The number of aromatic amines is 1. The zero-order valence-corrected chi connectivity index (χ0v) is 15.4. The minimum atomic E-state index is -2.77. The molecule has 2 aromatic carbocycles. The molecule has 2 heterocycles. The summed E-state index contributed by atoms with van der Waals surface area (Å²) < 4.78 is 40.4. The number of aromatic nitrogens is 4. The summed E-state index contributed by atoms with van der Waals surface area (Å²) in [5.41, 5.74) is 1.81. The number of fused-ring (bicyclic) bond motifs is 1. The molecule has 10 heteroatoms. The number of rotatable bonds is 4. The first-order valence-electron chi connectivity index (χ1n) is 8.71. The molecule has 150 valence electrons. The molecule has 0 unspecified atom stereocenters. The maximum atomic E-state index is 14.3. The van der Waals surface area contributed by atoms with Crippen molar-refractivity contribution in [2.45, 2.75) is 13.5 Å². The number of nitrogens with one attached hydrogen (secondary N) is 2. The van der Waals surface area contributed by atoms with E-state index in [9.17, 15) is 18.0 Å². The Kier molecular flexibility index (Phi) is 4.71. The fraction of sp³-hybridized carbons (Fsp3) is 0.100. The van der Waals surface area contributed by atoms with Gasteiger partial charge in [0, 0.05) is 17.3 Å². The fourth-order valence-electron chi connectivity index (χ4n) is 3.15. The summed E-state index contributed by atoms with van der Waals surface area (Å²) in [6.07, 6.45) is 1.14. The molecule has 30 heavy (non-hydrogen) atoms. The van der Waals surface area contributed by atoms with Gasteiger partial charge in [0.2, 0.25) is 0 Å². The normalized spacial score (nSPS) is 11.1. The molecule has 7 nitrogen and oxygen atoms in total. The second-order valence-electron chi connectivity index (χ2n) is 6.51. The average molecular weight is 410 g/mol. The molecule has 1 amide bonds. The van der Waals surface area contributed by atoms with Crippen LogP contribution in [0.3, 0.4) is 0 Å². The molecule has 0 saturated carbocycles. The zero-order chi connectivity index (χ0) is 21.4. The van der Waals surface area contributed by atoms with Crippen molar-refractivity contribution in [1.29, 1.82) is 5.26 Å². The molecule has 0 fully saturated rings. The molecule has 0 radical (unpaired) electrons. The van der Waals surface area contributed by atoms with Gasteiger partial charge in [-0.15, -0.1) is 0 Å². The minimum absolute atomic E-state index is 0.120. The Hall–Kier alpha value is -4.13. The number of nitriles is 1. The molecule has 0 aliphatic carbocycles. The van der Waals surface area contributed by atoms with Crippen LogP contribution < -0.4 is 5.32 Å². The quantitative estimate of drug-likeness (QED) is 0.521. The maximum Gasteiger partial charge on any atom is 0.333 e. The Morgan fingerprint density at radius 3 is 2.73 bits per heavy atom. The maximum absolute atomic E-state index is 14.3. The predicted molar refractivity (Wildman–Crippen MR) is 102 cm³/mol. The van der Waals surface area contributed by atoms with E-state index in [1.165, 1.54) is 19.1 Å². The summed E-state index contributed by atoms with van der Waals surface area (Å²) in [5, 5.41) is 22.8. The van der Waals surface area contributed by atoms with Crippen LogP contribution in [-0.2, 0) is 0 Å². The van der Waals surface area contributed by atoms with Crippen molar-refractivity contribution in [2.24, 2.45) is 0 Å². The molecule has 0 saturated heterocycles. The number of nitrogens with zero attached hydrogens (tertiary/aromatic N) is 4. The van der Waals surface area contributed by atoms with Crippen LogP contribution in [0.2, 0.25) is 0 Å². The molecule has 4 rings (SSSR count). The van der Waals surface area contributed by atoms with Gasteiger partial charge in [0.1, 0.15) is 17.2 Å². The van der Waals surface area contributed by atoms with E-state index in [1.54, 1.807) is 18.2 Å². The number of aryl methyl sites for hydroxylation is 1. The number of alkyl halides is 2. The van der Waals surface area contributed by atoms with E-state index >= 15 is 0 Å². The highest BCUT2D eigenvalue weighted by Gasteiger charge is 2.18. The van der Waals surface area contributed by atoms with Crippen molar-refractivity contribution in [3.8, 4) is 17.5 Å². The minimum Gasteiger partial charge on any atom is -0.322 e. The predicted octanol–water partition coefficient (Wildman–Crippen LogP) is 4.39. The van der Waals surface area contributed by atoms with Crippen molar-refractivity contribution in [1.82, 2.24) is 20.0 Å². The van der Waals surface area contributed by atoms with Gasteiger partial charge >= 0.3 is 6.55 Å². The molecular formula is C20H13F3N6O. The lowest BCUT2D eigenvalue weighted by atomic mass is 10.0. The summed E-state index contributed by atoms with van der Waals surface area (Å²) in [4.78, 5) is 12.6. The topological polar surface area (TPSA) is 99.4 Å². The number of carbonyl (C=O) groups excluding carboxylic acids is 1. The van der Waals surface area contributed by atoms with Crippen molar-refractivity contribution in [2.75, 3.05) is 5.32 Å². The number of hydrogen-bond donors (Lipinski definition) is 2. The molecule has 2 N–H and O–H groups in total. The first-order chi connectivity index (χ1) is 14.4. The lowest BCUT2D eigenvalue weighted by molar-refractivity contribution is 0.0568. The van der Waals surface area contributed by atoms with E-state index in [-0.39, 0.29) is 16.8 Å². The number of carbonyl (C=O) groups is 1. The Labute approximate surface area is 167 Å². The summed E-state index contributed by atoms with van der Waals surface area (Å²) in [6.45, 7) is -1.24. The summed E-state index contributed by atoms with van der Waals surface area (Å²) >= 11 is 0. The van der Waals surface area contributed by atoms with Crippen molar-refractivity contribution in [3.05, 3.63) is 65.1 Å². The lowest BCUT2D eigenvalue weighted by Gasteiger charge is -2.09. The third-order valence-corrected chi connectivity index (χ3v) is 4.52. The summed E-state index contributed by atoms with van der Waals surface area (Å²) in [5.74, 6) is -1.48. The fourth-order valence-corrected chi connectivity index (χ4v) is 3.15. The first kappa shape index (κ1) is 19.2. The van der Waals surface area contributed by atoms with Crippen molar-refractivity contribution < 1.29 is 18.0 Å². The van der Waals surface area contributed by atoms with E-state index in [2.05, 4.69) is 20.6 Å². The Morgan fingerprint density at radius 1 is 1.27 bits per heavy atom. The second-order valence-corrected chi connectivity index (χ2v) is 6.51. The third kappa shape index (κ3) is 3.37. The first-order valence-corrected chi connectivity index (χ1v) is 8.71. The average Bonchev–Trinajstić information content (AvgIpc) is 3.33. The van der Waals surface area contributed by atoms with E-state index in [0.717, 1.165) is 12.3 Å². The van der Waals surface area contributed by atoms with Crippen LogP contribution in [0.1, 0.15) is 28.0 Å². The van der Waals surface area contributed by atoms with Crippen LogP contribution in [0, 0.1) is 24.1 Å². The highest BCUT2D eigenvalue weighted by molar-refractivity contribution is 6.07. The zero-order valence-electron chi connectivity index (χ0n) is 15.4. The van der Waals surface area contributed by atoms with Crippen LogP contribution in [0.15, 0.2) is 42.6 Å². The van der Waals surface area contributed by atoms with Gasteiger partial charge < -0.3 is 5.32 Å². The standard InChI is InChI=1S/C20H13F3N6O/c1-10-6-11(9-24)7-14(21)17(10)19(30)25-12-2-3-15-13(8-12)18(27-26-15)16-4-5-29(28-16)20(22)23/h2-8,20H,1H3,(H,25,30)(H,26,27). The number of benzene rings is 2. The van der Waals surface area contributed by atoms with Crippen molar-refractivity contribution in [3.63, 3.8) is 0 Å². The highest BCUT2D eigenvalue weighted by Crippen LogP contribution is 2.28. The van der Waals surface area contributed by atoms with E-state index < -0.39 is 18.3 Å². The Morgan fingerprint density at radius 2 is 2.07 bits per heavy atom. The molecular weight excluding hydrogens is 397 g/mol. The third-order valence-electron chi connectivity index (χ3n) is 4.52. The molecule has 2 aromatic heterocycles. The van der Waals surface area contributed by atoms with Crippen LogP contribution in [0.25, 0.3) is 22.3 Å². The van der Waals surface area contributed by atoms with Gasteiger partial charge in [-0.2, -0.15) is 24.2 Å². The van der Waals surface area contributed by atoms with E-state index in [4.69, 9.17) is 5.26 Å². The molecule has 0 spiro atoms. The smallest absolute Gasteiger partial charge is 0.322 e. The molecule has 0 aliphatic heterocycles. The molecule has 0 bridgehead atoms. The van der Waals surface area contributed by atoms with Gasteiger partial charge in [-0.3, -0.25) is 9.89 Å². The SMILES string of the molecule is Cc1cc(C#N)cc(F)c1C(=O)Nc1ccc2[nH]nc(-c3ccn(C(F)F)n3)c2c1. The van der Waals surface area contributed by atoms with Crippen LogP contribution in [0.5, 0.6) is 0 Å². The summed E-state index contributed by atoms with van der Waals surface area (Å²) in [6, 6.07) is 10.5. The highest BCUT2D eigenvalue weighted by atomic mass is 19.3. The van der Waals surface area contributed by atoms with Gasteiger partial charge in [0.15, 0.2) is 0 Å². The Balaban J connectivity index is 1.67. The monoisotopic (exact) mass is 410 g/mol. The van der Waals surface area contributed by atoms with Gasteiger partial charge in [-0.25, -0.2) is 9.07 Å². The molecule has 4 aromatic rings. The van der Waals surface area contributed by atoms with Gasteiger partial charge in [0.25, 0.3) is 5.91 Å². The lowest BCUT2D eigenvalue weighted by Crippen LogP contribution is -2.15. The molecule has 0 aliphatic rings. The largest absolute Gasteiger partial charge is 0.333 e. The van der Waals surface area contributed by atoms with Crippen molar-refractivity contribution >= 4 is 22.5 Å². The summed E-state index contributed by atoms with van der Waals surface area (Å²) in [7, 11) is 0. The van der Waals surface area contributed by atoms with Crippen LogP contribution in [-0.4, -0.2) is 25.9 Å². The number of H-pyrrole nitrogens is 1. The van der Waals surface area contributed by atoms with Crippen LogP contribution in [0.4, 0.5) is 18.9 Å². The molecule has 0 atom stereocenters. The number of anilines is 1. The van der Waals surface area contributed by atoms with Crippen LogP contribution >= 0.6 is 0 Å². The number of halogens is 3. The second kappa shape index (κ2) is 7.36. The van der Waals surface area contributed by atoms with E-state index in [1.807, 2.05) is 6.07 Å².